The van der Waals surface area contributed by atoms with Crippen molar-refractivity contribution in [2.24, 2.45) is 0 Å². The lowest BCUT2D eigenvalue weighted by Gasteiger charge is -2.24. The standard InChI is InChI=1S/C14H18N4O3S/c19-13(10-5-4-8-12(9-10)18(20)21)16-17-14(22)15-11-6-2-1-3-7-11/h4-5,8-9,11H,1-3,6-7H2,(H,16,19)(H2,15,17,22). The number of nitro benzene ring substituents is 1. The van der Waals surface area contributed by atoms with Gasteiger partial charge in [-0.3, -0.25) is 25.8 Å². The van der Waals surface area contributed by atoms with E-state index in [-0.39, 0.29) is 11.3 Å². The molecule has 7 nitrogen and oxygen atoms in total. The lowest BCUT2D eigenvalue weighted by atomic mass is 9.96. The van der Waals surface area contributed by atoms with Gasteiger partial charge in [0.15, 0.2) is 5.11 Å². The first-order chi connectivity index (χ1) is 10.6. The predicted octanol–water partition coefficient (Wildman–Crippen LogP) is 2.04. The number of hydrazine groups is 1. The number of thiocarbonyl (C=S) groups is 1. The number of nitro groups is 1. The van der Waals surface area contributed by atoms with Crippen LogP contribution in [-0.4, -0.2) is 22.0 Å². The topological polar surface area (TPSA) is 96.3 Å². The Morgan fingerprint density at radius 2 is 1.95 bits per heavy atom. The number of hydrogen-bond acceptors (Lipinski definition) is 4. The van der Waals surface area contributed by atoms with Gasteiger partial charge in [0, 0.05) is 23.7 Å². The molecule has 0 unspecified atom stereocenters. The molecule has 0 radical (unpaired) electrons. The highest BCUT2D eigenvalue weighted by Gasteiger charge is 2.15. The van der Waals surface area contributed by atoms with Crippen LogP contribution in [0.4, 0.5) is 5.69 Å². The second-order valence-electron chi connectivity index (χ2n) is 5.19. The Morgan fingerprint density at radius 1 is 1.23 bits per heavy atom. The molecule has 1 aliphatic rings. The molecule has 1 saturated carbocycles. The van der Waals surface area contributed by atoms with Crippen LogP contribution in [0.25, 0.3) is 0 Å². The molecule has 1 fully saturated rings. The van der Waals surface area contributed by atoms with Crippen molar-refractivity contribution in [2.75, 3.05) is 0 Å². The van der Waals surface area contributed by atoms with Gasteiger partial charge in [0.1, 0.15) is 0 Å². The third-order valence-electron chi connectivity index (χ3n) is 3.55. The maximum absolute atomic E-state index is 11.9. The molecule has 0 bridgehead atoms. The van der Waals surface area contributed by atoms with E-state index in [1.54, 1.807) is 0 Å². The molecule has 1 amide bonds. The molecule has 1 aliphatic carbocycles. The maximum atomic E-state index is 11.9. The predicted molar refractivity (Wildman–Crippen MR) is 86.3 cm³/mol. The van der Waals surface area contributed by atoms with Gasteiger partial charge < -0.3 is 5.32 Å². The Hall–Kier alpha value is -2.22. The molecule has 2 rings (SSSR count). The van der Waals surface area contributed by atoms with Gasteiger partial charge in [0.05, 0.1) is 4.92 Å². The third-order valence-corrected chi connectivity index (χ3v) is 3.77. The summed E-state index contributed by atoms with van der Waals surface area (Å²) < 4.78 is 0. The van der Waals surface area contributed by atoms with Gasteiger partial charge in [-0.25, -0.2) is 0 Å². The summed E-state index contributed by atoms with van der Waals surface area (Å²) in [4.78, 5) is 22.1. The monoisotopic (exact) mass is 322 g/mol. The third kappa shape index (κ3) is 4.66. The molecule has 0 spiro atoms. The first-order valence-electron chi connectivity index (χ1n) is 7.17. The van der Waals surface area contributed by atoms with Crippen molar-refractivity contribution in [1.82, 2.24) is 16.2 Å². The van der Waals surface area contributed by atoms with Crippen LogP contribution in [0.15, 0.2) is 24.3 Å². The molecule has 0 aromatic heterocycles. The molecule has 0 heterocycles. The van der Waals surface area contributed by atoms with Crippen LogP contribution in [-0.2, 0) is 0 Å². The first kappa shape index (κ1) is 16.2. The SMILES string of the molecule is O=C(NNC(=S)NC1CCCCC1)c1cccc([N+](=O)[O-])c1. The summed E-state index contributed by atoms with van der Waals surface area (Å²) in [5.41, 5.74) is 5.13. The molecule has 0 saturated heterocycles. The quantitative estimate of drug-likeness (QED) is 0.448. The average molecular weight is 322 g/mol. The van der Waals surface area contributed by atoms with Gasteiger partial charge in [-0.1, -0.05) is 25.3 Å². The van der Waals surface area contributed by atoms with Crippen molar-refractivity contribution >= 4 is 28.9 Å². The van der Waals surface area contributed by atoms with E-state index < -0.39 is 10.8 Å². The van der Waals surface area contributed by atoms with E-state index in [9.17, 15) is 14.9 Å². The summed E-state index contributed by atoms with van der Waals surface area (Å²) in [6, 6.07) is 5.85. The second-order valence-corrected chi connectivity index (χ2v) is 5.60. The van der Waals surface area contributed by atoms with E-state index in [1.807, 2.05) is 0 Å². The smallest absolute Gasteiger partial charge is 0.270 e. The molecular weight excluding hydrogens is 304 g/mol. The number of non-ortho nitro benzene ring substituents is 1. The van der Waals surface area contributed by atoms with Crippen molar-refractivity contribution in [2.45, 2.75) is 38.1 Å². The fourth-order valence-electron chi connectivity index (χ4n) is 2.41. The molecule has 8 heteroatoms. The van der Waals surface area contributed by atoms with E-state index in [2.05, 4.69) is 16.2 Å². The van der Waals surface area contributed by atoms with Gasteiger partial charge in [0.25, 0.3) is 11.6 Å². The minimum atomic E-state index is -0.542. The van der Waals surface area contributed by atoms with Crippen LogP contribution in [0.1, 0.15) is 42.5 Å². The fraction of sp³-hybridized carbons (Fsp3) is 0.429. The summed E-state index contributed by atoms with van der Waals surface area (Å²) in [6.45, 7) is 0. The molecule has 1 aromatic carbocycles. The van der Waals surface area contributed by atoms with E-state index in [4.69, 9.17) is 12.2 Å². The van der Waals surface area contributed by atoms with Crippen LogP contribution in [0.3, 0.4) is 0 Å². The summed E-state index contributed by atoms with van der Waals surface area (Å²) >= 11 is 5.13. The lowest BCUT2D eigenvalue weighted by molar-refractivity contribution is -0.384. The summed E-state index contributed by atoms with van der Waals surface area (Å²) in [5, 5.41) is 14.2. The zero-order valence-corrected chi connectivity index (χ0v) is 12.8. The minimum Gasteiger partial charge on any atom is -0.359 e. The maximum Gasteiger partial charge on any atom is 0.270 e. The van der Waals surface area contributed by atoms with Crippen LogP contribution in [0.5, 0.6) is 0 Å². The highest BCUT2D eigenvalue weighted by atomic mass is 32.1. The van der Waals surface area contributed by atoms with Crippen LogP contribution in [0.2, 0.25) is 0 Å². The zero-order valence-electron chi connectivity index (χ0n) is 12.0. The molecule has 0 aliphatic heterocycles. The number of benzene rings is 1. The highest BCUT2D eigenvalue weighted by molar-refractivity contribution is 7.80. The highest BCUT2D eigenvalue weighted by Crippen LogP contribution is 2.17. The van der Waals surface area contributed by atoms with Crippen molar-refractivity contribution in [3.8, 4) is 0 Å². The molecule has 1 aromatic rings. The van der Waals surface area contributed by atoms with Gasteiger partial charge >= 0.3 is 0 Å². The largest absolute Gasteiger partial charge is 0.359 e. The molecule has 0 atom stereocenters. The van der Waals surface area contributed by atoms with E-state index >= 15 is 0 Å². The lowest BCUT2D eigenvalue weighted by Crippen LogP contribution is -2.50. The molecule has 118 valence electrons. The normalized spacial score (nSPS) is 14.9. The number of carbonyl (C=O) groups excluding carboxylic acids is 1. The average Bonchev–Trinajstić information content (AvgIpc) is 2.53. The van der Waals surface area contributed by atoms with Gasteiger partial charge in [-0.2, -0.15) is 0 Å². The Balaban J connectivity index is 1.82. The number of carbonyl (C=O) groups is 1. The molecule has 3 N–H and O–H groups in total. The van der Waals surface area contributed by atoms with Gasteiger partial charge in [-0.05, 0) is 31.1 Å². The Morgan fingerprint density at radius 3 is 2.64 bits per heavy atom. The first-order valence-corrected chi connectivity index (χ1v) is 7.58. The fourth-order valence-corrected chi connectivity index (χ4v) is 2.63. The Bertz CT molecular complexity index is 573. The van der Waals surface area contributed by atoms with Crippen LogP contribution in [0, 0.1) is 10.1 Å². The molecular formula is C14H18N4O3S. The summed E-state index contributed by atoms with van der Waals surface area (Å²) in [5.74, 6) is -0.475. The number of nitrogens with zero attached hydrogens (tertiary/aromatic N) is 1. The number of nitrogens with one attached hydrogen (secondary N) is 3. The van der Waals surface area contributed by atoms with Crippen molar-refractivity contribution in [3.63, 3.8) is 0 Å². The minimum absolute atomic E-state index is 0.129. The number of rotatable bonds is 3. The van der Waals surface area contributed by atoms with Crippen molar-refractivity contribution in [1.29, 1.82) is 0 Å². The van der Waals surface area contributed by atoms with Crippen LogP contribution < -0.4 is 16.2 Å². The van der Waals surface area contributed by atoms with Gasteiger partial charge in [-0.15, -0.1) is 0 Å². The Kier molecular flexibility index (Phi) is 5.65. The van der Waals surface area contributed by atoms with Crippen LogP contribution >= 0.6 is 12.2 Å². The van der Waals surface area contributed by atoms with Crippen molar-refractivity contribution < 1.29 is 9.72 Å². The summed E-state index contributed by atoms with van der Waals surface area (Å²) in [7, 11) is 0. The van der Waals surface area contributed by atoms with E-state index in [1.165, 1.54) is 43.5 Å². The second kappa shape index (κ2) is 7.69. The Labute approximate surface area is 133 Å². The van der Waals surface area contributed by atoms with E-state index in [0.29, 0.717) is 11.2 Å². The number of hydrogen-bond donors (Lipinski definition) is 3. The van der Waals surface area contributed by atoms with Gasteiger partial charge in [0.2, 0.25) is 0 Å². The molecule has 22 heavy (non-hydrogen) atoms. The van der Waals surface area contributed by atoms with E-state index in [0.717, 1.165) is 12.8 Å². The number of amides is 1. The summed E-state index contributed by atoms with van der Waals surface area (Å²) in [6.07, 6.45) is 5.75. The zero-order chi connectivity index (χ0) is 15.9. The van der Waals surface area contributed by atoms with Crippen molar-refractivity contribution in [3.05, 3.63) is 39.9 Å².